The third-order valence-corrected chi connectivity index (χ3v) is 6.10. The van der Waals surface area contributed by atoms with Crippen molar-refractivity contribution in [1.29, 1.82) is 0 Å². The maximum atomic E-state index is 12.4. The number of hydrogen-bond acceptors (Lipinski definition) is 7. The summed E-state index contributed by atoms with van der Waals surface area (Å²) >= 11 is 0. The summed E-state index contributed by atoms with van der Waals surface area (Å²) in [7, 11) is 4.13. The van der Waals surface area contributed by atoms with Gasteiger partial charge >= 0.3 is 0 Å². The third-order valence-electron chi connectivity index (χ3n) is 6.10. The molecule has 1 aliphatic rings. The van der Waals surface area contributed by atoms with Gasteiger partial charge in [-0.2, -0.15) is 0 Å². The van der Waals surface area contributed by atoms with Crippen LogP contribution in [0.1, 0.15) is 27.9 Å². The number of likely N-dealkylation sites (tertiary alicyclic amines) is 1. The number of aliphatic hydroxyl groups excluding tert-OH is 1. The molecule has 1 fully saturated rings. The molecule has 1 saturated heterocycles. The second-order valence-electron chi connectivity index (χ2n) is 8.98. The Morgan fingerprint density at radius 2 is 1.69 bits per heavy atom. The Morgan fingerprint density at radius 1 is 1.08 bits per heavy atom. The molecule has 36 heavy (non-hydrogen) atoms. The molecular weight excluding hydrogens is 458 g/mol. The SMILES string of the molecule is CN(C)[C@@H]1CCN(CC(=O)Nc2ccc(C#Cc3ccc(C(=O)N[C@@H](CN)C(=O)CO)cc3)cc2)C1. The average molecular weight is 492 g/mol. The van der Waals surface area contributed by atoms with E-state index in [0.717, 1.165) is 30.8 Å². The van der Waals surface area contributed by atoms with Crippen molar-refractivity contribution in [2.24, 2.45) is 5.73 Å². The molecule has 0 spiro atoms. The number of likely N-dealkylation sites (N-methyl/N-ethyl adjacent to an activating group) is 1. The van der Waals surface area contributed by atoms with Crippen molar-refractivity contribution < 1.29 is 19.5 Å². The van der Waals surface area contributed by atoms with Gasteiger partial charge in [0.2, 0.25) is 5.91 Å². The normalized spacial score (nSPS) is 16.2. The average Bonchev–Trinajstić information content (AvgIpc) is 3.35. The van der Waals surface area contributed by atoms with E-state index >= 15 is 0 Å². The van der Waals surface area contributed by atoms with Crippen molar-refractivity contribution in [3.8, 4) is 11.8 Å². The Morgan fingerprint density at radius 3 is 2.22 bits per heavy atom. The standard InChI is InChI=1S/C27H33N5O4/c1-31(2)23-13-14-32(16-23)17-26(35)29-22-11-7-20(8-12-22)4-3-19-5-9-21(10-6-19)27(36)30-24(15-28)25(34)18-33/h5-12,23-24,33H,13-18,28H2,1-2H3,(H,29,35)(H,30,36)/t23-,24+/m1/s1. The van der Waals surface area contributed by atoms with Crippen molar-refractivity contribution in [1.82, 2.24) is 15.1 Å². The molecule has 0 unspecified atom stereocenters. The van der Waals surface area contributed by atoms with E-state index < -0.39 is 24.3 Å². The first-order chi connectivity index (χ1) is 17.3. The number of carbonyl (C=O) groups excluding carboxylic acids is 3. The topological polar surface area (TPSA) is 128 Å². The fraction of sp³-hybridized carbons (Fsp3) is 0.370. The lowest BCUT2D eigenvalue weighted by atomic mass is 10.1. The number of benzene rings is 2. The van der Waals surface area contributed by atoms with Gasteiger partial charge in [-0.15, -0.1) is 0 Å². The molecule has 0 aliphatic carbocycles. The van der Waals surface area contributed by atoms with Gasteiger partial charge in [-0.05, 0) is 69.0 Å². The monoisotopic (exact) mass is 491 g/mol. The summed E-state index contributed by atoms with van der Waals surface area (Å²) < 4.78 is 0. The van der Waals surface area contributed by atoms with E-state index in [9.17, 15) is 14.4 Å². The number of carbonyl (C=O) groups is 3. The van der Waals surface area contributed by atoms with Crippen LogP contribution < -0.4 is 16.4 Å². The lowest BCUT2D eigenvalue weighted by molar-refractivity contribution is -0.123. The molecule has 0 bridgehead atoms. The van der Waals surface area contributed by atoms with Gasteiger partial charge in [0.05, 0.1) is 6.54 Å². The molecule has 190 valence electrons. The van der Waals surface area contributed by atoms with Crippen molar-refractivity contribution in [2.45, 2.75) is 18.5 Å². The molecule has 0 aromatic heterocycles. The zero-order valence-electron chi connectivity index (χ0n) is 20.7. The van der Waals surface area contributed by atoms with E-state index in [4.69, 9.17) is 10.8 Å². The highest BCUT2D eigenvalue weighted by Gasteiger charge is 2.25. The van der Waals surface area contributed by atoms with Gasteiger partial charge in [-0.1, -0.05) is 11.8 Å². The zero-order valence-corrected chi connectivity index (χ0v) is 20.7. The largest absolute Gasteiger partial charge is 0.388 e. The number of nitrogens with zero attached hydrogens (tertiary/aromatic N) is 2. The van der Waals surface area contributed by atoms with Crippen molar-refractivity contribution >= 4 is 23.3 Å². The summed E-state index contributed by atoms with van der Waals surface area (Å²) in [4.78, 5) is 40.6. The van der Waals surface area contributed by atoms with Gasteiger partial charge < -0.3 is 26.4 Å². The number of Topliss-reactive ketones (excluding diaryl/α,β-unsaturated/α-hetero) is 1. The summed E-state index contributed by atoms with van der Waals surface area (Å²) in [6.45, 7) is 1.43. The van der Waals surface area contributed by atoms with Gasteiger partial charge in [-0.25, -0.2) is 0 Å². The molecule has 2 aromatic carbocycles. The van der Waals surface area contributed by atoms with E-state index in [0.29, 0.717) is 23.7 Å². The third kappa shape index (κ3) is 7.73. The Labute approximate surface area is 211 Å². The number of ketones is 1. The van der Waals surface area contributed by atoms with Gasteiger partial charge in [0, 0.05) is 48.1 Å². The minimum absolute atomic E-state index is 0.0316. The van der Waals surface area contributed by atoms with Gasteiger partial charge in [0.25, 0.3) is 5.91 Å². The smallest absolute Gasteiger partial charge is 0.251 e. The molecule has 2 amide bonds. The molecule has 9 heteroatoms. The molecule has 5 N–H and O–H groups in total. The minimum Gasteiger partial charge on any atom is -0.388 e. The molecule has 1 aliphatic heterocycles. The van der Waals surface area contributed by atoms with Crippen LogP contribution in [0.5, 0.6) is 0 Å². The van der Waals surface area contributed by atoms with Crippen LogP contribution in [-0.2, 0) is 9.59 Å². The highest BCUT2D eigenvalue weighted by atomic mass is 16.3. The quantitative estimate of drug-likeness (QED) is 0.371. The number of aliphatic hydroxyl groups is 1. The number of amides is 2. The minimum atomic E-state index is -0.926. The maximum absolute atomic E-state index is 12.4. The zero-order chi connectivity index (χ0) is 26.1. The molecule has 0 radical (unpaired) electrons. The molecule has 1 heterocycles. The second-order valence-corrected chi connectivity index (χ2v) is 8.98. The Balaban J connectivity index is 1.51. The first-order valence-corrected chi connectivity index (χ1v) is 11.8. The summed E-state index contributed by atoms with van der Waals surface area (Å²) in [5, 5.41) is 14.4. The van der Waals surface area contributed by atoms with Crippen molar-refractivity contribution in [3.05, 3.63) is 65.2 Å². The molecule has 2 aromatic rings. The van der Waals surface area contributed by atoms with Crippen LogP contribution in [0.2, 0.25) is 0 Å². The fourth-order valence-corrected chi connectivity index (χ4v) is 3.89. The maximum Gasteiger partial charge on any atom is 0.251 e. The van der Waals surface area contributed by atoms with Crippen molar-refractivity contribution in [2.75, 3.05) is 52.2 Å². The Bertz CT molecular complexity index is 1120. The van der Waals surface area contributed by atoms with E-state index in [1.54, 1.807) is 24.3 Å². The van der Waals surface area contributed by atoms with Crippen molar-refractivity contribution in [3.63, 3.8) is 0 Å². The van der Waals surface area contributed by atoms with E-state index in [1.807, 2.05) is 24.3 Å². The number of hydrogen-bond donors (Lipinski definition) is 4. The Hall–Kier alpha value is -3.55. The Kier molecular flexibility index (Phi) is 9.73. The predicted octanol–water partition coefficient (Wildman–Crippen LogP) is 0.279. The highest BCUT2D eigenvalue weighted by Crippen LogP contribution is 2.14. The highest BCUT2D eigenvalue weighted by molar-refractivity contribution is 5.98. The van der Waals surface area contributed by atoms with Crippen LogP contribution in [-0.4, -0.2) is 91.5 Å². The second kappa shape index (κ2) is 13.0. The number of rotatable bonds is 9. The first kappa shape index (κ1) is 27.0. The molecular formula is C27H33N5O4. The fourth-order valence-electron chi connectivity index (χ4n) is 3.89. The lowest BCUT2D eigenvalue weighted by Crippen LogP contribution is -2.46. The summed E-state index contributed by atoms with van der Waals surface area (Å²) in [5.74, 6) is 5.08. The number of nitrogens with two attached hydrogens (primary N) is 1. The van der Waals surface area contributed by atoms with E-state index in [2.05, 4.69) is 46.4 Å². The number of nitrogens with one attached hydrogen (secondary N) is 2. The van der Waals surface area contributed by atoms with Crippen LogP contribution in [0.25, 0.3) is 0 Å². The molecule has 3 rings (SSSR count). The lowest BCUT2D eigenvalue weighted by Gasteiger charge is -2.20. The summed E-state index contributed by atoms with van der Waals surface area (Å²) in [6, 6.07) is 13.5. The van der Waals surface area contributed by atoms with Gasteiger partial charge in [-0.3, -0.25) is 19.3 Å². The van der Waals surface area contributed by atoms with Crippen LogP contribution in [0.15, 0.2) is 48.5 Å². The van der Waals surface area contributed by atoms with Crippen LogP contribution in [0, 0.1) is 11.8 Å². The number of anilines is 1. The molecule has 0 saturated carbocycles. The van der Waals surface area contributed by atoms with E-state index in [1.165, 1.54) is 0 Å². The predicted molar refractivity (Wildman–Crippen MR) is 138 cm³/mol. The summed E-state index contributed by atoms with van der Waals surface area (Å²) in [5.41, 5.74) is 8.07. The first-order valence-electron chi connectivity index (χ1n) is 11.8. The molecule has 2 atom stereocenters. The van der Waals surface area contributed by atoms with Crippen LogP contribution in [0.4, 0.5) is 5.69 Å². The van der Waals surface area contributed by atoms with Crippen LogP contribution in [0.3, 0.4) is 0 Å². The van der Waals surface area contributed by atoms with Gasteiger partial charge in [0.15, 0.2) is 5.78 Å². The molecule has 9 nitrogen and oxygen atoms in total. The van der Waals surface area contributed by atoms with Crippen LogP contribution >= 0.6 is 0 Å². The van der Waals surface area contributed by atoms with Gasteiger partial charge in [0.1, 0.15) is 12.6 Å². The van der Waals surface area contributed by atoms with E-state index in [-0.39, 0.29) is 12.5 Å². The summed E-state index contributed by atoms with van der Waals surface area (Å²) in [6.07, 6.45) is 1.07.